The molecule has 0 radical (unpaired) electrons. The van der Waals surface area contributed by atoms with Crippen LogP contribution in [0.5, 0.6) is 0 Å². The van der Waals surface area contributed by atoms with Crippen LogP contribution in [0.2, 0.25) is 0 Å². The Balaban J connectivity index is 2.12. The van der Waals surface area contributed by atoms with Crippen LogP contribution in [-0.2, 0) is 4.79 Å². The number of nitro groups is 1. The molecule has 1 amide bonds. The number of nitro benzene ring substituents is 1. The van der Waals surface area contributed by atoms with Crippen molar-refractivity contribution in [3.63, 3.8) is 0 Å². The fourth-order valence-corrected chi connectivity index (χ4v) is 2.45. The van der Waals surface area contributed by atoms with Gasteiger partial charge in [-0.2, -0.15) is 5.10 Å². The lowest BCUT2D eigenvalue weighted by Gasteiger charge is -2.18. The number of hydrogen-bond donors (Lipinski definition) is 0. The summed E-state index contributed by atoms with van der Waals surface area (Å²) in [6.07, 6.45) is 3.93. The number of benzene rings is 1. The largest absolute Gasteiger partial charge is 0.299 e. The summed E-state index contributed by atoms with van der Waals surface area (Å²) in [7, 11) is 1.71. The Kier molecular flexibility index (Phi) is 3.25. The zero-order valence-corrected chi connectivity index (χ0v) is 12.2. The van der Waals surface area contributed by atoms with Crippen molar-refractivity contribution in [2.45, 2.75) is 13.3 Å². The third-order valence-electron chi connectivity index (χ3n) is 3.75. The first-order valence-electron chi connectivity index (χ1n) is 6.75. The summed E-state index contributed by atoms with van der Waals surface area (Å²) in [5, 5.41) is 15.1. The number of hydrogen-bond acceptors (Lipinski definition) is 4. The molecule has 0 atom stereocenters. The van der Waals surface area contributed by atoms with E-state index in [0.717, 1.165) is 11.1 Å². The van der Waals surface area contributed by atoms with Gasteiger partial charge < -0.3 is 0 Å². The van der Waals surface area contributed by atoms with Crippen LogP contribution in [0.15, 0.2) is 36.5 Å². The number of carbonyl (C=O) groups excluding carboxylic acids is 1. The monoisotopic (exact) mass is 298 g/mol. The summed E-state index contributed by atoms with van der Waals surface area (Å²) in [6.45, 7) is 1.94. The van der Waals surface area contributed by atoms with E-state index in [0.29, 0.717) is 17.9 Å². The first-order valence-corrected chi connectivity index (χ1v) is 6.75. The Morgan fingerprint density at radius 2 is 1.95 bits per heavy atom. The van der Waals surface area contributed by atoms with Gasteiger partial charge >= 0.3 is 0 Å². The van der Waals surface area contributed by atoms with Crippen molar-refractivity contribution in [1.29, 1.82) is 0 Å². The van der Waals surface area contributed by atoms with Crippen LogP contribution < -0.4 is 4.90 Å². The summed E-state index contributed by atoms with van der Waals surface area (Å²) >= 11 is 0. The van der Waals surface area contributed by atoms with Gasteiger partial charge in [-0.05, 0) is 24.6 Å². The highest BCUT2D eigenvalue weighted by atomic mass is 16.6. The van der Waals surface area contributed by atoms with Crippen molar-refractivity contribution >= 4 is 23.0 Å². The predicted molar refractivity (Wildman–Crippen MR) is 81.9 cm³/mol. The normalized spacial score (nSPS) is 14.4. The summed E-state index contributed by atoms with van der Waals surface area (Å²) in [6, 6.07) is 6.08. The smallest absolute Gasteiger partial charge is 0.269 e. The molecule has 2 aromatic rings. The molecule has 112 valence electrons. The highest BCUT2D eigenvalue weighted by molar-refractivity contribution is 5.98. The summed E-state index contributed by atoms with van der Waals surface area (Å²) in [5.74, 6) is 0.645. The number of fused-ring (bicyclic) bond motifs is 1. The van der Waals surface area contributed by atoms with Crippen molar-refractivity contribution in [2.75, 3.05) is 11.9 Å². The summed E-state index contributed by atoms with van der Waals surface area (Å²) < 4.78 is 1.62. The van der Waals surface area contributed by atoms with E-state index < -0.39 is 4.92 Å². The fourth-order valence-electron chi connectivity index (χ4n) is 2.45. The molecule has 0 bridgehead atoms. The Hall–Kier alpha value is -2.96. The minimum Gasteiger partial charge on any atom is -0.299 e. The molecule has 1 aromatic carbocycles. The van der Waals surface area contributed by atoms with Gasteiger partial charge in [0.05, 0.1) is 16.8 Å². The van der Waals surface area contributed by atoms with Crippen LogP contribution in [0.4, 0.5) is 11.5 Å². The van der Waals surface area contributed by atoms with Crippen LogP contribution in [0.1, 0.15) is 18.9 Å². The van der Waals surface area contributed by atoms with Gasteiger partial charge in [0.15, 0.2) is 0 Å². The van der Waals surface area contributed by atoms with Gasteiger partial charge in [-0.1, -0.05) is 6.08 Å². The molecule has 0 fully saturated rings. The van der Waals surface area contributed by atoms with Crippen molar-refractivity contribution in [3.05, 3.63) is 52.2 Å². The Morgan fingerprint density at radius 3 is 2.59 bits per heavy atom. The zero-order valence-electron chi connectivity index (χ0n) is 12.2. The maximum Gasteiger partial charge on any atom is 0.269 e. The van der Waals surface area contributed by atoms with E-state index >= 15 is 0 Å². The van der Waals surface area contributed by atoms with Crippen LogP contribution in [0, 0.1) is 10.1 Å². The van der Waals surface area contributed by atoms with Gasteiger partial charge in [-0.3, -0.25) is 19.8 Å². The Bertz CT molecular complexity index is 790. The SMILES string of the molecule is CC1=CCC(=O)N(C)c2c1cnn2-c1ccc([N+](=O)[O-])cc1. The van der Waals surface area contributed by atoms with E-state index in [4.69, 9.17) is 0 Å². The van der Waals surface area contributed by atoms with Gasteiger partial charge in [0, 0.05) is 31.2 Å². The highest BCUT2D eigenvalue weighted by Crippen LogP contribution is 2.32. The zero-order chi connectivity index (χ0) is 15.9. The molecule has 1 aliphatic rings. The molecule has 0 spiro atoms. The molecule has 2 heterocycles. The average molecular weight is 298 g/mol. The van der Waals surface area contributed by atoms with E-state index in [2.05, 4.69) is 5.10 Å². The average Bonchev–Trinajstić information content (AvgIpc) is 2.92. The maximum absolute atomic E-state index is 12.1. The molecular formula is C15H14N4O3. The van der Waals surface area contributed by atoms with Crippen LogP contribution in [-0.4, -0.2) is 27.7 Å². The minimum absolute atomic E-state index is 0.0162. The predicted octanol–water partition coefficient (Wildman–Crippen LogP) is 2.55. The molecule has 1 aromatic heterocycles. The number of allylic oxidation sites excluding steroid dienone is 1. The molecule has 1 aliphatic heterocycles. The Morgan fingerprint density at radius 1 is 1.27 bits per heavy atom. The molecule has 0 aliphatic carbocycles. The number of anilines is 1. The van der Waals surface area contributed by atoms with Gasteiger partial charge in [0.2, 0.25) is 5.91 Å². The molecular weight excluding hydrogens is 284 g/mol. The fraction of sp³-hybridized carbons (Fsp3) is 0.200. The van der Waals surface area contributed by atoms with Crippen molar-refractivity contribution in [3.8, 4) is 5.69 Å². The lowest BCUT2D eigenvalue weighted by molar-refractivity contribution is -0.384. The van der Waals surface area contributed by atoms with Crippen molar-refractivity contribution in [2.24, 2.45) is 0 Å². The second-order valence-corrected chi connectivity index (χ2v) is 5.11. The molecule has 0 N–H and O–H groups in total. The third kappa shape index (κ3) is 2.16. The molecule has 7 heteroatoms. The van der Waals surface area contributed by atoms with Gasteiger partial charge in [-0.15, -0.1) is 0 Å². The molecule has 0 saturated heterocycles. The molecule has 0 saturated carbocycles. The number of non-ortho nitro benzene ring substituents is 1. The lowest BCUT2D eigenvalue weighted by atomic mass is 10.1. The quantitative estimate of drug-likeness (QED) is 0.630. The first kappa shape index (κ1) is 14.0. The van der Waals surface area contributed by atoms with Crippen LogP contribution in [0.25, 0.3) is 11.3 Å². The highest BCUT2D eigenvalue weighted by Gasteiger charge is 2.24. The number of amides is 1. The van der Waals surface area contributed by atoms with E-state index in [9.17, 15) is 14.9 Å². The van der Waals surface area contributed by atoms with E-state index in [1.807, 2.05) is 13.0 Å². The lowest BCUT2D eigenvalue weighted by Crippen LogP contribution is -2.27. The van der Waals surface area contributed by atoms with Gasteiger partial charge in [0.25, 0.3) is 5.69 Å². The van der Waals surface area contributed by atoms with E-state index in [1.165, 1.54) is 12.1 Å². The van der Waals surface area contributed by atoms with Gasteiger partial charge in [-0.25, -0.2) is 4.68 Å². The number of nitrogens with zero attached hydrogens (tertiary/aromatic N) is 4. The van der Waals surface area contributed by atoms with Crippen molar-refractivity contribution in [1.82, 2.24) is 9.78 Å². The van der Waals surface area contributed by atoms with E-state index in [-0.39, 0.29) is 11.6 Å². The summed E-state index contributed by atoms with van der Waals surface area (Å²) in [5.41, 5.74) is 2.55. The van der Waals surface area contributed by atoms with Crippen molar-refractivity contribution < 1.29 is 9.72 Å². The molecule has 7 nitrogen and oxygen atoms in total. The third-order valence-corrected chi connectivity index (χ3v) is 3.75. The minimum atomic E-state index is -0.448. The second-order valence-electron chi connectivity index (χ2n) is 5.11. The van der Waals surface area contributed by atoms with Crippen LogP contribution in [0.3, 0.4) is 0 Å². The number of aromatic nitrogens is 2. The molecule has 0 unspecified atom stereocenters. The molecule has 22 heavy (non-hydrogen) atoms. The first-order chi connectivity index (χ1) is 10.5. The number of carbonyl (C=O) groups is 1. The topological polar surface area (TPSA) is 81.3 Å². The maximum atomic E-state index is 12.1. The van der Waals surface area contributed by atoms with Crippen LogP contribution >= 0.6 is 0 Å². The summed E-state index contributed by atoms with van der Waals surface area (Å²) in [4.78, 5) is 24.0. The van der Waals surface area contributed by atoms with E-state index in [1.54, 1.807) is 35.0 Å². The second kappa shape index (κ2) is 5.10. The molecule has 3 rings (SSSR count). The van der Waals surface area contributed by atoms with Gasteiger partial charge in [0.1, 0.15) is 5.82 Å². The standard InChI is InChI=1S/C15H14N4O3/c1-10-3-8-14(20)17(2)15-13(10)9-16-18(15)11-4-6-12(7-5-11)19(21)22/h3-7,9H,8H2,1-2H3. The number of rotatable bonds is 2. The Labute approximate surface area is 126 Å².